The van der Waals surface area contributed by atoms with E-state index in [1.807, 2.05) is 58.0 Å². The smallest absolute Gasteiger partial charge is 0.408 e. The average Bonchev–Trinajstić information content (AvgIpc) is 2.76. The third-order valence-electron chi connectivity index (χ3n) is 3.37. The molecule has 0 heterocycles. The van der Waals surface area contributed by atoms with Gasteiger partial charge in [-0.3, -0.25) is 4.79 Å². The van der Waals surface area contributed by atoms with Gasteiger partial charge in [-0.15, -0.1) is 0 Å². The fourth-order valence-corrected chi connectivity index (χ4v) is 1.92. The molecule has 0 spiro atoms. The Hall–Kier alpha value is -3.02. The van der Waals surface area contributed by atoms with Gasteiger partial charge >= 0.3 is 12.1 Å². The monoisotopic (exact) mass is 447 g/mol. The largest absolute Gasteiger partial charge is 0.489 e. The first-order chi connectivity index (χ1) is 15.1. The Morgan fingerprint density at radius 2 is 1.44 bits per heavy atom. The SMILES string of the molecule is CC.CC.CC(NC(=O)OC(C)(C)C)C(=O)O.Cc1ccc(OCc2ccccc2)cc1. The number of carbonyl (C=O) groups excluding carboxylic acids is 1. The Bertz CT molecular complexity index is 737. The molecule has 2 aromatic carbocycles. The Balaban J connectivity index is 0. The molecule has 0 fully saturated rings. The van der Waals surface area contributed by atoms with Gasteiger partial charge in [0.15, 0.2) is 0 Å². The molecule has 180 valence electrons. The van der Waals surface area contributed by atoms with Gasteiger partial charge in [-0.1, -0.05) is 75.7 Å². The molecule has 0 bridgehead atoms. The van der Waals surface area contributed by atoms with Crippen molar-refractivity contribution in [2.45, 2.75) is 80.6 Å². The molecule has 2 N–H and O–H groups in total. The molecule has 0 aliphatic carbocycles. The molecule has 0 radical (unpaired) electrons. The number of hydrogen-bond acceptors (Lipinski definition) is 4. The van der Waals surface area contributed by atoms with Crippen LogP contribution < -0.4 is 10.1 Å². The molecule has 0 aliphatic heterocycles. The molecule has 2 rings (SSSR count). The van der Waals surface area contributed by atoms with Crippen LogP contribution in [0, 0.1) is 6.92 Å². The van der Waals surface area contributed by atoms with Crippen molar-refractivity contribution in [1.82, 2.24) is 5.32 Å². The summed E-state index contributed by atoms with van der Waals surface area (Å²) in [7, 11) is 0. The maximum Gasteiger partial charge on any atom is 0.408 e. The normalized spacial score (nSPS) is 10.4. The van der Waals surface area contributed by atoms with E-state index in [9.17, 15) is 9.59 Å². The maximum atomic E-state index is 11.0. The molecule has 1 atom stereocenters. The number of ether oxygens (including phenoxy) is 2. The van der Waals surface area contributed by atoms with Crippen molar-refractivity contribution in [1.29, 1.82) is 0 Å². The van der Waals surface area contributed by atoms with E-state index in [-0.39, 0.29) is 0 Å². The summed E-state index contributed by atoms with van der Waals surface area (Å²) in [6.07, 6.45) is -0.720. The molecule has 1 unspecified atom stereocenters. The lowest BCUT2D eigenvalue weighted by atomic mass is 10.2. The number of nitrogens with one attached hydrogen (secondary N) is 1. The van der Waals surface area contributed by atoms with Crippen molar-refractivity contribution >= 4 is 12.1 Å². The second kappa shape index (κ2) is 17.6. The summed E-state index contributed by atoms with van der Waals surface area (Å²) in [5, 5.41) is 10.6. The fraction of sp³-hybridized carbons (Fsp3) is 0.462. The zero-order valence-electron chi connectivity index (χ0n) is 21.1. The summed E-state index contributed by atoms with van der Waals surface area (Å²) < 4.78 is 10.5. The summed E-state index contributed by atoms with van der Waals surface area (Å²) >= 11 is 0. The highest BCUT2D eigenvalue weighted by Gasteiger charge is 2.20. The molecule has 0 aliphatic rings. The molecular formula is C26H41NO5. The van der Waals surface area contributed by atoms with Crippen LogP contribution in [0.1, 0.15) is 66.5 Å². The minimum Gasteiger partial charge on any atom is -0.489 e. The van der Waals surface area contributed by atoms with E-state index in [1.165, 1.54) is 18.1 Å². The molecule has 6 heteroatoms. The number of aliphatic carboxylic acids is 1. The minimum atomic E-state index is -1.09. The lowest BCUT2D eigenvalue weighted by molar-refractivity contribution is -0.139. The lowest BCUT2D eigenvalue weighted by Gasteiger charge is -2.20. The van der Waals surface area contributed by atoms with Gasteiger partial charge < -0.3 is 19.9 Å². The molecule has 0 saturated heterocycles. The second-order valence-electron chi connectivity index (χ2n) is 7.29. The van der Waals surface area contributed by atoms with E-state index in [0.717, 1.165) is 5.75 Å². The van der Waals surface area contributed by atoms with Crippen LogP contribution in [0.4, 0.5) is 4.79 Å². The van der Waals surface area contributed by atoms with Gasteiger partial charge in [0.2, 0.25) is 0 Å². The second-order valence-corrected chi connectivity index (χ2v) is 7.29. The van der Waals surface area contributed by atoms with Crippen LogP contribution in [0.25, 0.3) is 0 Å². The van der Waals surface area contributed by atoms with E-state index in [2.05, 4.69) is 36.5 Å². The first-order valence-electron chi connectivity index (χ1n) is 11.0. The van der Waals surface area contributed by atoms with Crippen LogP contribution in [0.3, 0.4) is 0 Å². The highest BCUT2D eigenvalue weighted by atomic mass is 16.6. The summed E-state index contributed by atoms with van der Waals surface area (Å²) in [5.41, 5.74) is 1.84. The lowest BCUT2D eigenvalue weighted by Crippen LogP contribution is -2.41. The van der Waals surface area contributed by atoms with Crippen molar-refractivity contribution in [3.63, 3.8) is 0 Å². The number of carboxylic acids is 1. The average molecular weight is 448 g/mol. The summed E-state index contributed by atoms with van der Waals surface area (Å²) in [6, 6.07) is 17.4. The highest BCUT2D eigenvalue weighted by molar-refractivity contribution is 5.79. The van der Waals surface area contributed by atoms with E-state index in [0.29, 0.717) is 6.61 Å². The molecule has 2 aromatic rings. The Labute approximate surface area is 194 Å². The van der Waals surface area contributed by atoms with E-state index < -0.39 is 23.7 Å². The van der Waals surface area contributed by atoms with Crippen LogP contribution in [-0.4, -0.2) is 28.8 Å². The topological polar surface area (TPSA) is 84.9 Å². The number of rotatable bonds is 5. The van der Waals surface area contributed by atoms with E-state index in [4.69, 9.17) is 14.6 Å². The van der Waals surface area contributed by atoms with Crippen molar-refractivity contribution in [3.05, 3.63) is 65.7 Å². The number of amides is 1. The van der Waals surface area contributed by atoms with E-state index >= 15 is 0 Å². The quantitative estimate of drug-likeness (QED) is 0.538. The van der Waals surface area contributed by atoms with Gasteiger partial charge in [0, 0.05) is 0 Å². The molecule has 32 heavy (non-hydrogen) atoms. The van der Waals surface area contributed by atoms with Crippen LogP contribution in [0.2, 0.25) is 0 Å². The van der Waals surface area contributed by atoms with Gasteiger partial charge in [-0.25, -0.2) is 4.79 Å². The Morgan fingerprint density at radius 3 is 1.88 bits per heavy atom. The molecule has 0 aromatic heterocycles. The van der Waals surface area contributed by atoms with Crippen LogP contribution in [-0.2, 0) is 16.1 Å². The maximum absolute atomic E-state index is 11.0. The summed E-state index contributed by atoms with van der Waals surface area (Å²) in [5.74, 6) is -0.171. The third kappa shape index (κ3) is 16.7. The number of carbonyl (C=O) groups is 2. The number of carboxylic acid groups (broad SMARTS) is 1. The van der Waals surface area contributed by atoms with Gasteiger partial charge in [0.25, 0.3) is 0 Å². The first kappa shape index (κ1) is 31.2. The Kier molecular flexibility index (Phi) is 17.2. The zero-order valence-corrected chi connectivity index (χ0v) is 21.1. The first-order valence-corrected chi connectivity index (χ1v) is 11.0. The van der Waals surface area contributed by atoms with Crippen LogP contribution in [0.15, 0.2) is 54.6 Å². The molecular weight excluding hydrogens is 406 g/mol. The Morgan fingerprint density at radius 1 is 0.938 bits per heavy atom. The highest BCUT2D eigenvalue weighted by Crippen LogP contribution is 2.13. The van der Waals surface area contributed by atoms with Crippen molar-refractivity contribution < 1.29 is 24.2 Å². The van der Waals surface area contributed by atoms with Crippen molar-refractivity contribution in [3.8, 4) is 5.75 Å². The number of benzene rings is 2. The third-order valence-corrected chi connectivity index (χ3v) is 3.37. The number of hydrogen-bond donors (Lipinski definition) is 2. The molecule has 1 amide bonds. The van der Waals surface area contributed by atoms with Gasteiger partial charge in [-0.2, -0.15) is 0 Å². The molecule has 0 saturated carbocycles. The van der Waals surface area contributed by atoms with E-state index in [1.54, 1.807) is 20.8 Å². The van der Waals surface area contributed by atoms with Gasteiger partial charge in [0.1, 0.15) is 24.0 Å². The minimum absolute atomic E-state index is 0.609. The van der Waals surface area contributed by atoms with Crippen LogP contribution >= 0.6 is 0 Å². The fourth-order valence-electron chi connectivity index (χ4n) is 1.92. The summed E-state index contributed by atoms with van der Waals surface area (Å²) in [4.78, 5) is 21.3. The standard InChI is InChI=1S/C14H14O.C8H15NO4.2C2H6/c1-12-7-9-14(10-8-12)15-11-13-5-3-2-4-6-13;1-5(6(10)11)9-7(12)13-8(2,3)4;2*1-2/h2-10H,11H2,1H3;5H,1-4H3,(H,9,12)(H,10,11);2*1-2H3. The van der Waals surface area contributed by atoms with Crippen LogP contribution in [0.5, 0.6) is 5.75 Å². The number of alkyl carbamates (subject to hydrolysis) is 1. The molecule has 6 nitrogen and oxygen atoms in total. The summed E-state index contributed by atoms with van der Waals surface area (Å²) in [6.45, 7) is 17.2. The van der Waals surface area contributed by atoms with Gasteiger partial charge in [0.05, 0.1) is 0 Å². The van der Waals surface area contributed by atoms with Gasteiger partial charge in [-0.05, 0) is 52.3 Å². The zero-order chi connectivity index (χ0) is 25.2. The van der Waals surface area contributed by atoms with Crippen molar-refractivity contribution in [2.75, 3.05) is 0 Å². The van der Waals surface area contributed by atoms with Crippen molar-refractivity contribution in [2.24, 2.45) is 0 Å². The predicted octanol–water partition coefficient (Wildman–Crippen LogP) is 6.61. The number of aryl methyl sites for hydroxylation is 1. The predicted molar refractivity (Wildman–Crippen MR) is 131 cm³/mol.